The molecule has 2 nitrogen and oxygen atoms in total. The number of furan rings is 1. The highest BCUT2D eigenvalue weighted by molar-refractivity contribution is 9.10. The Bertz CT molecular complexity index is 520. The van der Waals surface area contributed by atoms with Gasteiger partial charge in [-0.3, -0.25) is 0 Å². The van der Waals surface area contributed by atoms with E-state index in [0.29, 0.717) is 15.8 Å². The minimum atomic E-state index is -1.25. The molecule has 0 aliphatic heterocycles. The van der Waals surface area contributed by atoms with Gasteiger partial charge in [0.1, 0.15) is 17.2 Å². The molecule has 0 amide bonds. The predicted octanol–water partition coefficient (Wildman–Crippen LogP) is 3.63. The highest BCUT2D eigenvalue weighted by Crippen LogP contribution is 2.32. The molecular weight excluding hydrogens is 287 g/mol. The van der Waals surface area contributed by atoms with Crippen LogP contribution in [0.25, 0.3) is 0 Å². The number of hydrogen-bond donors (Lipinski definition) is 1. The summed E-state index contributed by atoms with van der Waals surface area (Å²) in [5.41, 5.74) is -0.786. The molecule has 4 heteroatoms. The molecule has 0 saturated carbocycles. The molecule has 0 radical (unpaired) electrons. The lowest BCUT2D eigenvalue weighted by molar-refractivity contribution is 0.0327. The Balaban J connectivity index is 2.30. The van der Waals surface area contributed by atoms with Gasteiger partial charge >= 0.3 is 0 Å². The summed E-state index contributed by atoms with van der Waals surface area (Å²) in [5.74, 6) is 0.0798. The molecule has 0 saturated heterocycles. The van der Waals surface area contributed by atoms with E-state index in [9.17, 15) is 9.50 Å². The Morgan fingerprint density at radius 1 is 1.35 bits per heavy atom. The Morgan fingerprint density at radius 3 is 2.65 bits per heavy atom. The van der Waals surface area contributed by atoms with Crippen molar-refractivity contribution in [3.8, 4) is 0 Å². The van der Waals surface area contributed by atoms with Gasteiger partial charge in [0.05, 0.1) is 10.7 Å². The summed E-state index contributed by atoms with van der Waals surface area (Å²) in [7, 11) is 0. The van der Waals surface area contributed by atoms with Gasteiger partial charge in [-0.2, -0.15) is 0 Å². The van der Waals surface area contributed by atoms with Gasteiger partial charge in [0.15, 0.2) is 0 Å². The average molecular weight is 299 g/mol. The molecular formula is C13H12BrFO2. The average Bonchev–Trinajstić information content (AvgIpc) is 2.68. The van der Waals surface area contributed by atoms with E-state index >= 15 is 0 Å². The quantitative estimate of drug-likeness (QED) is 0.939. The largest absolute Gasteiger partial charge is 0.465 e. The molecule has 1 heterocycles. The summed E-state index contributed by atoms with van der Waals surface area (Å²) >= 11 is 3.29. The van der Waals surface area contributed by atoms with Crippen molar-refractivity contribution < 1.29 is 13.9 Å². The zero-order valence-corrected chi connectivity index (χ0v) is 10.9. The van der Waals surface area contributed by atoms with Crippen LogP contribution in [0.2, 0.25) is 0 Å². The van der Waals surface area contributed by atoms with Crippen molar-refractivity contribution in [3.63, 3.8) is 0 Å². The first kappa shape index (κ1) is 12.3. The van der Waals surface area contributed by atoms with E-state index in [4.69, 9.17) is 4.42 Å². The first-order valence-electron chi connectivity index (χ1n) is 5.20. The molecule has 1 N–H and O–H groups in total. The van der Waals surface area contributed by atoms with Crippen molar-refractivity contribution in [2.45, 2.75) is 18.9 Å². The molecule has 1 aromatic heterocycles. The van der Waals surface area contributed by atoms with Crippen molar-refractivity contribution in [2.24, 2.45) is 0 Å². The fourth-order valence-corrected chi connectivity index (χ4v) is 2.40. The van der Waals surface area contributed by atoms with Crippen LogP contribution in [0.4, 0.5) is 4.39 Å². The zero-order valence-electron chi connectivity index (χ0n) is 9.28. The van der Waals surface area contributed by atoms with E-state index in [1.54, 1.807) is 31.2 Å². The van der Waals surface area contributed by atoms with Crippen LogP contribution in [0, 0.1) is 5.82 Å². The molecule has 0 fully saturated rings. The third-order valence-electron chi connectivity index (χ3n) is 2.60. The van der Waals surface area contributed by atoms with Crippen LogP contribution < -0.4 is 0 Å². The summed E-state index contributed by atoms with van der Waals surface area (Å²) in [6.07, 6.45) is 1.64. The number of hydrogen-bond acceptors (Lipinski definition) is 2. The molecule has 17 heavy (non-hydrogen) atoms. The van der Waals surface area contributed by atoms with Crippen molar-refractivity contribution >= 4 is 15.9 Å². The minimum absolute atomic E-state index is 0.159. The highest BCUT2D eigenvalue weighted by atomic mass is 79.9. The molecule has 1 aromatic carbocycles. The zero-order chi connectivity index (χ0) is 12.5. The van der Waals surface area contributed by atoms with Gasteiger partial charge in [0, 0.05) is 6.42 Å². The van der Waals surface area contributed by atoms with E-state index in [-0.39, 0.29) is 12.2 Å². The van der Waals surface area contributed by atoms with E-state index in [2.05, 4.69) is 15.9 Å². The topological polar surface area (TPSA) is 33.4 Å². The van der Waals surface area contributed by atoms with Crippen LogP contribution in [0.5, 0.6) is 0 Å². The maximum absolute atomic E-state index is 13.5. The fraction of sp³-hybridized carbons (Fsp3) is 0.231. The monoisotopic (exact) mass is 298 g/mol. The van der Waals surface area contributed by atoms with Gasteiger partial charge in [-0.05, 0) is 40.5 Å². The second-order valence-corrected chi connectivity index (χ2v) is 4.99. The summed E-state index contributed by atoms with van der Waals surface area (Å²) < 4.78 is 19.4. The van der Waals surface area contributed by atoms with Gasteiger partial charge in [-0.15, -0.1) is 0 Å². The summed E-state index contributed by atoms with van der Waals surface area (Å²) in [5, 5.41) is 10.3. The van der Waals surface area contributed by atoms with Crippen LogP contribution >= 0.6 is 15.9 Å². The van der Waals surface area contributed by atoms with Crippen LogP contribution in [0.3, 0.4) is 0 Å². The van der Waals surface area contributed by atoms with Crippen molar-refractivity contribution in [1.29, 1.82) is 0 Å². The lowest BCUT2D eigenvalue weighted by Crippen LogP contribution is -2.24. The maximum atomic E-state index is 13.5. The Kier molecular flexibility index (Phi) is 3.35. The van der Waals surface area contributed by atoms with E-state index < -0.39 is 5.60 Å². The SMILES string of the molecule is CC(O)(Cc1ccccc1F)c1occc1Br. The third kappa shape index (κ3) is 2.58. The summed E-state index contributed by atoms with van der Waals surface area (Å²) in [6, 6.07) is 8.09. The Labute approximate surface area is 107 Å². The molecule has 0 aliphatic carbocycles. The third-order valence-corrected chi connectivity index (χ3v) is 3.22. The lowest BCUT2D eigenvalue weighted by atomic mass is 9.94. The molecule has 2 aromatic rings. The minimum Gasteiger partial charge on any atom is -0.465 e. The van der Waals surface area contributed by atoms with Crippen molar-refractivity contribution in [1.82, 2.24) is 0 Å². The second kappa shape index (κ2) is 4.63. The highest BCUT2D eigenvalue weighted by Gasteiger charge is 2.30. The van der Waals surface area contributed by atoms with Crippen molar-refractivity contribution in [2.75, 3.05) is 0 Å². The molecule has 90 valence electrons. The van der Waals surface area contributed by atoms with Gasteiger partial charge in [0.2, 0.25) is 0 Å². The lowest BCUT2D eigenvalue weighted by Gasteiger charge is -2.21. The van der Waals surface area contributed by atoms with Crippen LogP contribution in [-0.4, -0.2) is 5.11 Å². The Morgan fingerprint density at radius 2 is 2.06 bits per heavy atom. The maximum Gasteiger partial charge on any atom is 0.149 e. The van der Waals surface area contributed by atoms with Crippen LogP contribution in [-0.2, 0) is 12.0 Å². The molecule has 0 aliphatic rings. The normalized spacial score (nSPS) is 14.6. The van der Waals surface area contributed by atoms with Crippen LogP contribution in [0.1, 0.15) is 18.2 Å². The van der Waals surface area contributed by atoms with Crippen LogP contribution in [0.15, 0.2) is 45.5 Å². The van der Waals surface area contributed by atoms with Gasteiger partial charge < -0.3 is 9.52 Å². The smallest absolute Gasteiger partial charge is 0.149 e. The van der Waals surface area contributed by atoms with E-state index in [0.717, 1.165) is 0 Å². The van der Waals surface area contributed by atoms with E-state index in [1.165, 1.54) is 12.3 Å². The predicted molar refractivity (Wildman–Crippen MR) is 66.1 cm³/mol. The summed E-state index contributed by atoms with van der Waals surface area (Å²) in [6.45, 7) is 1.60. The molecule has 0 bridgehead atoms. The standard InChI is InChI=1S/C13H12BrFO2/c1-13(16,12-10(14)6-7-17-12)8-9-4-2-3-5-11(9)15/h2-7,16H,8H2,1H3. The van der Waals surface area contributed by atoms with E-state index in [1.807, 2.05) is 0 Å². The molecule has 1 atom stereocenters. The number of rotatable bonds is 3. The fourth-order valence-electron chi connectivity index (χ4n) is 1.77. The number of benzene rings is 1. The number of halogens is 2. The first-order chi connectivity index (χ1) is 8.00. The van der Waals surface area contributed by atoms with Gasteiger partial charge in [-0.25, -0.2) is 4.39 Å². The number of aliphatic hydroxyl groups is 1. The first-order valence-corrected chi connectivity index (χ1v) is 5.99. The Hall–Kier alpha value is -1.13. The summed E-state index contributed by atoms with van der Waals surface area (Å²) in [4.78, 5) is 0. The van der Waals surface area contributed by atoms with Gasteiger partial charge in [-0.1, -0.05) is 18.2 Å². The molecule has 0 spiro atoms. The molecule has 1 unspecified atom stereocenters. The molecule has 2 rings (SSSR count). The van der Waals surface area contributed by atoms with Gasteiger partial charge in [0.25, 0.3) is 0 Å². The van der Waals surface area contributed by atoms with Crippen molar-refractivity contribution in [3.05, 3.63) is 58.2 Å². The second-order valence-electron chi connectivity index (χ2n) is 4.14.